The molecule has 28 heavy (non-hydrogen) atoms. The number of phenolic OH excluding ortho intramolecular Hbond substituents is 1. The normalized spacial score (nSPS) is 12.5. The van der Waals surface area contributed by atoms with Gasteiger partial charge >= 0.3 is 0 Å². The van der Waals surface area contributed by atoms with Crippen LogP contribution in [0.1, 0.15) is 28.4 Å². The molecule has 2 atom stereocenters. The number of nitrogens with one attached hydrogen (secondary N) is 2. The van der Waals surface area contributed by atoms with Gasteiger partial charge in [0, 0.05) is 5.56 Å². The van der Waals surface area contributed by atoms with E-state index < -0.39 is 23.8 Å². The van der Waals surface area contributed by atoms with E-state index in [9.17, 15) is 19.8 Å². The summed E-state index contributed by atoms with van der Waals surface area (Å²) in [5, 5.41) is 19.6. The number of halogens is 1. The smallest absolute Gasteiger partial charge is 0.269 e. The molecule has 146 valence electrons. The molecule has 0 fully saturated rings. The van der Waals surface area contributed by atoms with Crippen LogP contribution in [-0.4, -0.2) is 28.1 Å². The second-order valence-electron chi connectivity index (χ2n) is 6.34. The van der Waals surface area contributed by atoms with Gasteiger partial charge in [0.2, 0.25) is 11.6 Å². The molecule has 0 bridgehead atoms. The van der Waals surface area contributed by atoms with E-state index >= 15 is 0 Å². The first-order chi connectivity index (χ1) is 13.2. The molecule has 8 heteroatoms. The number of aromatic hydroxyl groups is 1. The SMILES string of the molecule is [C-]#[N+]c1ccc(C[C@@H](C(=O)NNC(=O)c2ccc(O)cc2)[C@@H](C)O)c(C)c1Cl. The van der Waals surface area contributed by atoms with Crippen LogP contribution in [0.25, 0.3) is 4.85 Å². The lowest BCUT2D eigenvalue weighted by molar-refractivity contribution is -0.128. The number of carbonyl (C=O) groups is 2. The molecule has 4 N–H and O–H groups in total. The van der Waals surface area contributed by atoms with E-state index in [0.717, 1.165) is 5.56 Å². The highest BCUT2D eigenvalue weighted by molar-refractivity contribution is 6.34. The number of hydrazine groups is 1. The molecule has 0 radical (unpaired) electrons. The molecule has 2 aromatic carbocycles. The Morgan fingerprint density at radius 1 is 1.18 bits per heavy atom. The number of rotatable bonds is 5. The molecule has 0 heterocycles. The molecule has 0 aromatic heterocycles. The Morgan fingerprint density at radius 2 is 1.82 bits per heavy atom. The van der Waals surface area contributed by atoms with Crippen molar-refractivity contribution in [1.29, 1.82) is 0 Å². The molecule has 0 spiro atoms. The van der Waals surface area contributed by atoms with Crippen molar-refractivity contribution in [2.45, 2.75) is 26.4 Å². The maximum atomic E-state index is 12.5. The molecule has 0 saturated heterocycles. The van der Waals surface area contributed by atoms with Gasteiger partial charge in [0.05, 0.1) is 23.6 Å². The summed E-state index contributed by atoms with van der Waals surface area (Å²) in [5.74, 6) is -1.94. The van der Waals surface area contributed by atoms with E-state index in [4.69, 9.17) is 18.2 Å². The van der Waals surface area contributed by atoms with E-state index in [1.54, 1.807) is 19.1 Å². The van der Waals surface area contributed by atoms with Gasteiger partial charge in [0.15, 0.2) is 0 Å². The first-order valence-corrected chi connectivity index (χ1v) is 8.85. The number of nitrogens with zero attached hydrogens (tertiary/aromatic N) is 1. The molecule has 0 unspecified atom stereocenters. The Hall–Kier alpha value is -3.08. The molecule has 0 aliphatic heterocycles. The molecule has 2 rings (SSSR count). The van der Waals surface area contributed by atoms with Gasteiger partial charge in [-0.3, -0.25) is 20.4 Å². The van der Waals surface area contributed by atoms with Crippen molar-refractivity contribution in [3.05, 3.63) is 69.5 Å². The van der Waals surface area contributed by atoms with E-state index in [0.29, 0.717) is 16.3 Å². The maximum Gasteiger partial charge on any atom is 0.269 e. The number of hydrogen-bond donors (Lipinski definition) is 4. The second-order valence-corrected chi connectivity index (χ2v) is 6.71. The van der Waals surface area contributed by atoms with Gasteiger partial charge in [-0.1, -0.05) is 23.7 Å². The van der Waals surface area contributed by atoms with Crippen molar-refractivity contribution in [3.63, 3.8) is 0 Å². The lowest BCUT2D eigenvalue weighted by Gasteiger charge is -2.21. The predicted molar refractivity (Wildman–Crippen MR) is 105 cm³/mol. The maximum absolute atomic E-state index is 12.5. The van der Waals surface area contributed by atoms with Crippen LogP contribution in [0.3, 0.4) is 0 Å². The lowest BCUT2D eigenvalue weighted by atomic mass is 9.91. The summed E-state index contributed by atoms with van der Waals surface area (Å²) in [6, 6.07) is 8.80. The van der Waals surface area contributed by atoms with Crippen LogP contribution < -0.4 is 10.9 Å². The molecule has 2 amide bonds. The highest BCUT2D eigenvalue weighted by Crippen LogP contribution is 2.31. The number of hydrogen-bond acceptors (Lipinski definition) is 4. The predicted octanol–water partition coefficient (Wildman–Crippen LogP) is 2.91. The number of amides is 2. The van der Waals surface area contributed by atoms with E-state index in [1.807, 2.05) is 0 Å². The van der Waals surface area contributed by atoms with Gasteiger partial charge in [0.25, 0.3) is 5.91 Å². The third-order valence-corrected chi connectivity index (χ3v) is 4.86. The molecular formula is C20H20ClN3O4. The summed E-state index contributed by atoms with van der Waals surface area (Å²) in [5.41, 5.74) is 6.57. The van der Waals surface area contributed by atoms with Crippen LogP contribution in [0.5, 0.6) is 5.75 Å². The summed E-state index contributed by atoms with van der Waals surface area (Å²) < 4.78 is 0. The summed E-state index contributed by atoms with van der Waals surface area (Å²) in [6.45, 7) is 10.3. The van der Waals surface area contributed by atoms with Crippen LogP contribution in [0.4, 0.5) is 5.69 Å². The number of phenols is 1. The third kappa shape index (κ3) is 5.00. The van der Waals surface area contributed by atoms with E-state index in [1.165, 1.54) is 31.2 Å². The van der Waals surface area contributed by atoms with Crippen LogP contribution in [0, 0.1) is 19.4 Å². The van der Waals surface area contributed by atoms with E-state index in [-0.39, 0.29) is 17.7 Å². The standard InChI is InChI=1S/C20H20ClN3O4/c1-11-14(6-9-17(22-3)18(11)21)10-16(12(2)25)20(28)24-23-19(27)13-4-7-15(26)8-5-13/h4-9,12,16,25-26H,10H2,1-2H3,(H,23,27)(H,24,28)/t12-,16-/m1/s1. The number of benzene rings is 2. The van der Waals surface area contributed by atoms with E-state index in [2.05, 4.69) is 15.7 Å². The van der Waals surface area contributed by atoms with Gasteiger partial charge in [-0.15, -0.1) is 0 Å². The van der Waals surface area contributed by atoms with Gasteiger partial charge in [-0.2, -0.15) is 0 Å². The Bertz CT molecular complexity index is 920. The Labute approximate surface area is 167 Å². The number of aliphatic hydroxyl groups is 1. The topological polar surface area (TPSA) is 103 Å². The fourth-order valence-electron chi connectivity index (χ4n) is 2.63. The van der Waals surface area contributed by atoms with Crippen LogP contribution >= 0.6 is 11.6 Å². The van der Waals surface area contributed by atoms with Crippen molar-refractivity contribution >= 4 is 29.1 Å². The van der Waals surface area contributed by atoms with Crippen LogP contribution in [0.2, 0.25) is 5.02 Å². The largest absolute Gasteiger partial charge is 0.508 e. The van der Waals surface area contributed by atoms with Gasteiger partial charge in [-0.25, -0.2) is 4.85 Å². The first-order valence-electron chi connectivity index (χ1n) is 8.47. The fraction of sp³-hybridized carbons (Fsp3) is 0.250. The summed E-state index contributed by atoms with van der Waals surface area (Å²) >= 11 is 6.17. The fourth-order valence-corrected chi connectivity index (χ4v) is 2.86. The van der Waals surface area contributed by atoms with Crippen molar-refractivity contribution in [2.24, 2.45) is 5.92 Å². The van der Waals surface area contributed by atoms with Gasteiger partial charge in [-0.05, 0) is 55.7 Å². The Kier molecular flexibility index (Phi) is 6.99. The lowest BCUT2D eigenvalue weighted by Crippen LogP contribution is -2.47. The molecular weight excluding hydrogens is 382 g/mol. The van der Waals surface area contributed by atoms with Crippen LogP contribution in [0.15, 0.2) is 36.4 Å². The first kappa shape index (κ1) is 21.2. The van der Waals surface area contributed by atoms with Crippen molar-refractivity contribution in [3.8, 4) is 5.75 Å². The third-order valence-electron chi connectivity index (χ3n) is 4.39. The Balaban J connectivity index is 2.08. The van der Waals surface area contributed by atoms with Crippen molar-refractivity contribution < 1.29 is 19.8 Å². The average Bonchev–Trinajstić information content (AvgIpc) is 2.67. The molecule has 0 saturated carbocycles. The van der Waals surface area contributed by atoms with Crippen LogP contribution in [-0.2, 0) is 11.2 Å². The zero-order valence-corrected chi connectivity index (χ0v) is 16.1. The minimum absolute atomic E-state index is 0.0213. The zero-order chi connectivity index (χ0) is 20.8. The minimum Gasteiger partial charge on any atom is -0.508 e. The quantitative estimate of drug-likeness (QED) is 0.457. The van der Waals surface area contributed by atoms with Crippen molar-refractivity contribution in [2.75, 3.05) is 0 Å². The summed E-state index contributed by atoms with van der Waals surface area (Å²) in [7, 11) is 0. The highest BCUT2D eigenvalue weighted by Gasteiger charge is 2.26. The van der Waals surface area contributed by atoms with Crippen molar-refractivity contribution in [1.82, 2.24) is 10.9 Å². The molecule has 0 aliphatic rings. The monoisotopic (exact) mass is 401 g/mol. The molecule has 7 nitrogen and oxygen atoms in total. The average molecular weight is 402 g/mol. The number of aliphatic hydroxyl groups excluding tert-OH is 1. The molecule has 0 aliphatic carbocycles. The highest BCUT2D eigenvalue weighted by atomic mass is 35.5. The second kappa shape index (κ2) is 9.22. The Morgan fingerprint density at radius 3 is 2.39 bits per heavy atom. The number of carbonyl (C=O) groups excluding carboxylic acids is 2. The summed E-state index contributed by atoms with van der Waals surface area (Å²) in [4.78, 5) is 27.9. The molecule has 2 aromatic rings. The summed E-state index contributed by atoms with van der Waals surface area (Å²) in [6.07, 6.45) is -0.799. The van der Waals surface area contributed by atoms with Gasteiger partial charge < -0.3 is 10.2 Å². The minimum atomic E-state index is -0.982. The van der Waals surface area contributed by atoms with Gasteiger partial charge in [0.1, 0.15) is 5.75 Å². The zero-order valence-electron chi connectivity index (χ0n) is 15.4.